The number of carboxylic acids is 1. The van der Waals surface area contributed by atoms with Gasteiger partial charge in [-0.05, 0) is 30.4 Å². The van der Waals surface area contributed by atoms with Crippen LogP contribution in [0.1, 0.15) is 62.5 Å². The zero-order chi connectivity index (χ0) is 25.2. The third-order valence-corrected chi connectivity index (χ3v) is 4.95. The summed E-state index contributed by atoms with van der Waals surface area (Å²) in [6.07, 6.45) is 3.98. The Labute approximate surface area is 198 Å². The average Bonchev–Trinajstić information content (AvgIpc) is 2.79. The number of guanidine groups is 1. The molecule has 1 aromatic rings. The van der Waals surface area contributed by atoms with Crippen molar-refractivity contribution in [1.29, 1.82) is 0 Å². The summed E-state index contributed by atoms with van der Waals surface area (Å²) in [6.45, 7) is 1.50. The van der Waals surface area contributed by atoms with Crippen LogP contribution in [0.2, 0.25) is 0 Å². The summed E-state index contributed by atoms with van der Waals surface area (Å²) in [4.78, 5) is 48.7. The van der Waals surface area contributed by atoms with E-state index < -0.39 is 17.9 Å². The molecule has 12 heteroatoms. The molecule has 188 valence electrons. The molecule has 0 heterocycles. The highest BCUT2D eigenvalue weighted by atomic mass is 16.5. The predicted molar refractivity (Wildman–Crippen MR) is 126 cm³/mol. The molecule has 0 aliphatic carbocycles. The molecule has 1 aromatic carbocycles. The lowest BCUT2D eigenvalue weighted by molar-refractivity contribution is -0.138. The summed E-state index contributed by atoms with van der Waals surface area (Å²) >= 11 is 0. The van der Waals surface area contributed by atoms with Gasteiger partial charge in [-0.15, -0.1) is 4.91 Å². The third-order valence-electron chi connectivity index (χ3n) is 4.95. The van der Waals surface area contributed by atoms with E-state index in [-0.39, 0.29) is 31.1 Å². The van der Waals surface area contributed by atoms with Crippen LogP contribution in [0, 0.1) is 4.91 Å². The molecule has 1 rings (SSSR count). The SMILES string of the molecule is NC(N)=NCc1ccccc1COCCCCCCCC(=O)N[C@H](CCC(=O)O)C(=O)NN=O. The lowest BCUT2D eigenvalue weighted by Crippen LogP contribution is -2.45. The highest BCUT2D eigenvalue weighted by Gasteiger charge is 2.21. The topological polar surface area (TPSA) is 199 Å². The van der Waals surface area contributed by atoms with Crippen LogP contribution in [0.5, 0.6) is 0 Å². The van der Waals surface area contributed by atoms with Crippen LogP contribution in [0.4, 0.5) is 0 Å². The summed E-state index contributed by atoms with van der Waals surface area (Å²) in [5.74, 6) is -2.26. The van der Waals surface area contributed by atoms with Crippen LogP contribution in [0.25, 0.3) is 0 Å². The number of carbonyl (C=O) groups excluding carboxylic acids is 2. The minimum Gasteiger partial charge on any atom is -0.481 e. The summed E-state index contributed by atoms with van der Waals surface area (Å²) < 4.78 is 5.75. The second-order valence-electron chi connectivity index (χ2n) is 7.70. The molecule has 34 heavy (non-hydrogen) atoms. The van der Waals surface area contributed by atoms with E-state index in [1.807, 2.05) is 24.3 Å². The van der Waals surface area contributed by atoms with Gasteiger partial charge < -0.3 is 26.6 Å². The fourth-order valence-corrected chi connectivity index (χ4v) is 3.16. The van der Waals surface area contributed by atoms with Gasteiger partial charge in [-0.2, -0.15) is 0 Å². The van der Waals surface area contributed by atoms with Crippen molar-refractivity contribution in [1.82, 2.24) is 10.7 Å². The van der Waals surface area contributed by atoms with E-state index in [2.05, 4.69) is 15.6 Å². The first kappa shape index (κ1) is 28.5. The van der Waals surface area contributed by atoms with Gasteiger partial charge in [0.15, 0.2) is 5.96 Å². The standard InChI is InChI=1S/C22H34N6O6/c23-22(24)25-14-16-8-5-6-9-17(16)15-34-13-7-3-1-2-4-10-19(29)26-18(11-12-20(30)31)21(32)27-28-33/h5-6,8-9,18H,1-4,7,10-15H2,(H,26,29)(H,30,31)(H4,23,24,25)(H,27,32,33)/t18-/m1/s1. The Kier molecular flexibility index (Phi) is 14.3. The summed E-state index contributed by atoms with van der Waals surface area (Å²) in [5.41, 5.74) is 14.5. The van der Waals surface area contributed by atoms with Crippen LogP contribution < -0.4 is 22.2 Å². The highest BCUT2D eigenvalue weighted by Crippen LogP contribution is 2.12. The van der Waals surface area contributed by atoms with Gasteiger partial charge in [0.05, 0.1) is 18.4 Å². The van der Waals surface area contributed by atoms with E-state index in [0.29, 0.717) is 26.2 Å². The van der Waals surface area contributed by atoms with Crippen molar-refractivity contribution in [3.8, 4) is 0 Å². The molecule has 0 aromatic heterocycles. The minimum atomic E-state index is -1.11. The lowest BCUT2D eigenvalue weighted by atomic mass is 10.1. The molecule has 0 saturated heterocycles. The largest absolute Gasteiger partial charge is 0.481 e. The monoisotopic (exact) mass is 478 g/mol. The molecule has 0 bridgehead atoms. The molecular formula is C22H34N6O6. The molecule has 0 aliphatic rings. The zero-order valence-corrected chi connectivity index (χ0v) is 19.2. The molecule has 0 fully saturated rings. The second kappa shape index (κ2) is 17.0. The molecule has 7 N–H and O–H groups in total. The summed E-state index contributed by atoms with van der Waals surface area (Å²) in [5, 5.41) is 13.5. The number of rotatable bonds is 18. The fraction of sp³-hybridized carbons (Fsp3) is 0.545. The Hall–Kier alpha value is -3.54. The van der Waals surface area contributed by atoms with E-state index in [4.69, 9.17) is 21.3 Å². The number of unbranched alkanes of at least 4 members (excludes halogenated alkanes) is 4. The number of nitrogens with zero attached hydrogens (tertiary/aromatic N) is 2. The quantitative estimate of drug-likeness (QED) is 0.0686. The van der Waals surface area contributed by atoms with Crippen molar-refractivity contribution < 1.29 is 24.2 Å². The highest BCUT2D eigenvalue weighted by molar-refractivity contribution is 5.87. The van der Waals surface area contributed by atoms with Gasteiger partial charge in [0.2, 0.25) is 5.91 Å². The number of benzene rings is 1. The molecular weight excluding hydrogens is 444 g/mol. The second-order valence-corrected chi connectivity index (χ2v) is 7.70. The minimum absolute atomic E-state index is 0.0481. The normalized spacial score (nSPS) is 11.3. The summed E-state index contributed by atoms with van der Waals surface area (Å²) in [6, 6.07) is 6.69. The molecule has 0 radical (unpaired) electrons. The lowest BCUT2D eigenvalue weighted by Gasteiger charge is -2.15. The number of ether oxygens (including phenoxy) is 1. The van der Waals surface area contributed by atoms with Crippen molar-refractivity contribution in [3.63, 3.8) is 0 Å². The summed E-state index contributed by atoms with van der Waals surface area (Å²) in [7, 11) is 0. The van der Waals surface area contributed by atoms with Crippen molar-refractivity contribution in [3.05, 3.63) is 40.3 Å². The number of hydrogen-bond acceptors (Lipinski definition) is 7. The van der Waals surface area contributed by atoms with Gasteiger partial charge in [0.25, 0.3) is 5.91 Å². The Morgan fingerprint density at radius 2 is 1.68 bits per heavy atom. The maximum atomic E-state index is 12.0. The van der Waals surface area contributed by atoms with Crippen LogP contribution in [-0.2, 0) is 32.3 Å². The number of nitrogens with one attached hydrogen (secondary N) is 2. The Morgan fingerprint density at radius 1 is 1.00 bits per heavy atom. The van der Waals surface area contributed by atoms with Crippen molar-refractivity contribution in [2.45, 2.75) is 70.6 Å². The van der Waals surface area contributed by atoms with E-state index in [9.17, 15) is 19.3 Å². The van der Waals surface area contributed by atoms with Crippen LogP contribution in [0.15, 0.2) is 34.5 Å². The number of carboxylic acid groups (broad SMARTS) is 1. The smallest absolute Gasteiger partial charge is 0.303 e. The first-order valence-corrected chi connectivity index (χ1v) is 11.2. The zero-order valence-electron chi connectivity index (χ0n) is 19.2. The number of aliphatic carboxylic acids is 1. The molecule has 0 aliphatic heterocycles. The predicted octanol–water partition coefficient (Wildman–Crippen LogP) is 1.46. The van der Waals surface area contributed by atoms with Crippen molar-refractivity contribution >= 4 is 23.7 Å². The van der Waals surface area contributed by atoms with E-state index >= 15 is 0 Å². The number of nitrogens with two attached hydrogens (primary N) is 2. The average molecular weight is 479 g/mol. The number of nitroso groups, excluding NO2 is 1. The van der Waals surface area contributed by atoms with Crippen LogP contribution >= 0.6 is 0 Å². The number of amides is 2. The van der Waals surface area contributed by atoms with E-state index in [0.717, 1.165) is 36.8 Å². The Balaban J connectivity index is 2.19. The Bertz CT molecular complexity index is 828. The maximum Gasteiger partial charge on any atom is 0.303 e. The Morgan fingerprint density at radius 3 is 2.35 bits per heavy atom. The number of hydrogen-bond donors (Lipinski definition) is 5. The molecule has 2 amide bonds. The first-order chi connectivity index (χ1) is 16.3. The molecule has 0 spiro atoms. The van der Waals surface area contributed by atoms with Gasteiger partial charge >= 0.3 is 5.97 Å². The van der Waals surface area contributed by atoms with Crippen molar-refractivity contribution in [2.75, 3.05) is 6.61 Å². The molecule has 12 nitrogen and oxygen atoms in total. The van der Waals surface area contributed by atoms with Gasteiger partial charge in [0.1, 0.15) is 6.04 Å². The van der Waals surface area contributed by atoms with Crippen molar-refractivity contribution in [2.24, 2.45) is 21.7 Å². The van der Waals surface area contributed by atoms with E-state index in [1.165, 1.54) is 0 Å². The molecule has 0 saturated carbocycles. The van der Waals surface area contributed by atoms with E-state index in [1.54, 1.807) is 5.43 Å². The third kappa shape index (κ3) is 13.1. The maximum absolute atomic E-state index is 12.0. The van der Waals surface area contributed by atoms with Gasteiger partial charge in [-0.25, -0.2) is 10.4 Å². The van der Waals surface area contributed by atoms with Crippen LogP contribution in [0.3, 0.4) is 0 Å². The number of aliphatic imine (C=N–C) groups is 1. The van der Waals surface area contributed by atoms with Gasteiger partial charge in [0, 0.05) is 19.4 Å². The first-order valence-electron chi connectivity index (χ1n) is 11.2. The molecule has 0 unspecified atom stereocenters. The number of carbonyl (C=O) groups is 3. The van der Waals surface area contributed by atoms with Gasteiger partial charge in [-0.1, -0.05) is 43.5 Å². The van der Waals surface area contributed by atoms with Gasteiger partial charge in [-0.3, -0.25) is 14.4 Å². The fourth-order valence-electron chi connectivity index (χ4n) is 3.16. The molecule has 1 atom stereocenters. The van der Waals surface area contributed by atoms with Crippen LogP contribution in [-0.4, -0.2) is 41.5 Å².